The molecule has 0 unspecified atom stereocenters. The Bertz CT molecular complexity index is 1090. The zero-order valence-corrected chi connectivity index (χ0v) is 20.9. The van der Waals surface area contributed by atoms with Gasteiger partial charge in [-0.15, -0.1) is 0 Å². The van der Waals surface area contributed by atoms with Crippen LogP contribution in [0.5, 0.6) is 5.75 Å². The maximum absolute atomic E-state index is 13.2. The van der Waals surface area contributed by atoms with Gasteiger partial charge in [-0.3, -0.25) is 9.59 Å². The van der Waals surface area contributed by atoms with Gasteiger partial charge >= 0.3 is 0 Å². The van der Waals surface area contributed by atoms with Crippen molar-refractivity contribution in [2.45, 2.75) is 45.6 Å². The maximum Gasteiger partial charge on any atom is 0.253 e. The van der Waals surface area contributed by atoms with Gasteiger partial charge in [-0.1, -0.05) is 12.8 Å². The van der Waals surface area contributed by atoms with Gasteiger partial charge in [0.2, 0.25) is 11.9 Å². The molecule has 1 aliphatic carbocycles. The Hall–Kier alpha value is -3.36. The molecule has 0 saturated heterocycles. The minimum Gasteiger partial charge on any atom is -0.495 e. The Morgan fingerprint density at radius 3 is 2.59 bits per heavy atom. The fraction of sp³-hybridized carbons (Fsp3) is 0.520. The van der Waals surface area contributed by atoms with E-state index in [1.54, 1.807) is 57.5 Å². The lowest BCUT2D eigenvalue weighted by Gasteiger charge is -2.34. The molecule has 1 fully saturated rings. The third-order valence-corrected chi connectivity index (χ3v) is 6.70. The van der Waals surface area contributed by atoms with Crippen molar-refractivity contribution in [2.75, 3.05) is 49.9 Å². The molecule has 0 radical (unpaired) electrons. The van der Waals surface area contributed by atoms with E-state index in [4.69, 9.17) is 9.72 Å². The molecule has 9 nitrogen and oxygen atoms in total. The second-order valence-corrected chi connectivity index (χ2v) is 9.96. The molecule has 34 heavy (non-hydrogen) atoms. The lowest BCUT2D eigenvalue weighted by Crippen LogP contribution is -2.45. The summed E-state index contributed by atoms with van der Waals surface area (Å²) in [7, 11) is 6.78. The number of methoxy groups -OCH3 is 1. The highest BCUT2D eigenvalue weighted by atomic mass is 16.5. The number of nitrogens with zero attached hydrogens (tertiary/aromatic N) is 5. The van der Waals surface area contributed by atoms with Crippen LogP contribution in [0.2, 0.25) is 0 Å². The largest absolute Gasteiger partial charge is 0.495 e. The number of hydrogen-bond donors (Lipinski definition) is 1. The molecule has 182 valence electrons. The number of ether oxygens (including phenoxy) is 1. The second-order valence-electron chi connectivity index (χ2n) is 9.96. The Morgan fingerprint density at radius 1 is 1.24 bits per heavy atom. The first kappa shape index (κ1) is 23.8. The van der Waals surface area contributed by atoms with Crippen LogP contribution in [-0.2, 0) is 4.79 Å². The fourth-order valence-corrected chi connectivity index (χ4v) is 4.83. The van der Waals surface area contributed by atoms with Gasteiger partial charge in [0.15, 0.2) is 5.82 Å². The summed E-state index contributed by atoms with van der Waals surface area (Å²) < 4.78 is 5.53. The predicted molar refractivity (Wildman–Crippen MR) is 133 cm³/mol. The van der Waals surface area contributed by atoms with Crippen LogP contribution >= 0.6 is 0 Å². The SMILES string of the molecule is COc1cc(C(=O)N(C)C)ccc1Nc1ncc2c(n1)N(C1CCCC1)CC(C)(C)C(=O)N2C. The van der Waals surface area contributed by atoms with Crippen LogP contribution in [0.4, 0.5) is 23.1 Å². The number of fused-ring (bicyclic) bond motifs is 1. The molecular weight excluding hydrogens is 432 g/mol. The first-order chi connectivity index (χ1) is 16.1. The summed E-state index contributed by atoms with van der Waals surface area (Å²) in [6.07, 6.45) is 6.27. The van der Waals surface area contributed by atoms with Crippen LogP contribution in [0, 0.1) is 5.41 Å². The van der Waals surface area contributed by atoms with E-state index in [0.717, 1.165) is 18.7 Å². The molecule has 1 N–H and O–H groups in total. The van der Waals surface area contributed by atoms with Gasteiger partial charge in [0.25, 0.3) is 5.91 Å². The lowest BCUT2D eigenvalue weighted by molar-refractivity contribution is -0.125. The minimum absolute atomic E-state index is 0.0568. The average Bonchev–Trinajstić information content (AvgIpc) is 3.34. The Labute approximate surface area is 201 Å². The highest BCUT2D eigenvalue weighted by Gasteiger charge is 2.41. The Balaban J connectivity index is 1.71. The third-order valence-electron chi connectivity index (χ3n) is 6.70. The van der Waals surface area contributed by atoms with Crippen molar-refractivity contribution in [1.29, 1.82) is 0 Å². The van der Waals surface area contributed by atoms with E-state index in [9.17, 15) is 9.59 Å². The van der Waals surface area contributed by atoms with Crippen molar-refractivity contribution in [3.8, 4) is 5.75 Å². The molecule has 2 amide bonds. The third kappa shape index (κ3) is 4.38. The monoisotopic (exact) mass is 466 g/mol. The van der Waals surface area contributed by atoms with Gasteiger partial charge in [0, 0.05) is 39.3 Å². The number of nitrogens with one attached hydrogen (secondary N) is 1. The predicted octanol–water partition coefficient (Wildman–Crippen LogP) is 3.68. The van der Waals surface area contributed by atoms with E-state index in [1.807, 2.05) is 13.8 Å². The van der Waals surface area contributed by atoms with Crippen LogP contribution < -0.4 is 19.9 Å². The summed E-state index contributed by atoms with van der Waals surface area (Å²) in [5, 5.41) is 3.25. The highest BCUT2D eigenvalue weighted by Crippen LogP contribution is 2.40. The minimum atomic E-state index is -0.538. The van der Waals surface area contributed by atoms with E-state index in [2.05, 4.69) is 15.2 Å². The van der Waals surface area contributed by atoms with Crippen molar-refractivity contribution in [3.63, 3.8) is 0 Å². The van der Waals surface area contributed by atoms with Gasteiger partial charge in [-0.05, 0) is 44.9 Å². The quantitative estimate of drug-likeness (QED) is 0.719. The molecule has 1 aliphatic heterocycles. The zero-order valence-electron chi connectivity index (χ0n) is 20.9. The van der Waals surface area contributed by atoms with E-state index in [-0.39, 0.29) is 11.8 Å². The van der Waals surface area contributed by atoms with Gasteiger partial charge in [0.05, 0.1) is 24.4 Å². The molecule has 2 heterocycles. The van der Waals surface area contributed by atoms with Crippen LogP contribution in [0.25, 0.3) is 0 Å². The lowest BCUT2D eigenvalue weighted by atomic mass is 9.91. The van der Waals surface area contributed by atoms with Crippen LogP contribution in [0.1, 0.15) is 49.9 Å². The van der Waals surface area contributed by atoms with Crippen molar-refractivity contribution in [3.05, 3.63) is 30.0 Å². The smallest absolute Gasteiger partial charge is 0.253 e. The second kappa shape index (κ2) is 9.12. The van der Waals surface area contributed by atoms with E-state index in [1.165, 1.54) is 17.7 Å². The molecule has 0 atom stereocenters. The number of carbonyl (C=O) groups excluding carboxylic acids is 2. The molecule has 9 heteroatoms. The molecular formula is C25H34N6O3. The van der Waals surface area contributed by atoms with Crippen LogP contribution in [-0.4, -0.2) is 67.5 Å². The fourth-order valence-electron chi connectivity index (χ4n) is 4.83. The van der Waals surface area contributed by atoms with Crippen LogP contribution in [0.3, 0.4) is 0 Å². The molecule has 2 aromatic rings. The van der Waals surface area contributed by atoms with E-state index >= 15 is 0 Å². The normalized spacial score (nSPS) is 17.9. The van der Waals surface area contributed by atoms with Crippen molar-refractivity contribution in [1.82, 2.24) is 14.9 Å². The Kier molecular flexibility index (Phi) is 6.38. The number of aromatic nitrogens is 2. The van der Waals surface area contributed by atoms with Gasteiger partial charge in [-0.25, -0.2) is 4.98 Å². The number of rotatable bonds is 5. The van der Waals surface area contributed by atoms with Crippen molar-refractivity contribution >= 4 is 35.0 Å². The molecule has 1 aromatic heterocycles. The van der Waals surface area contributed by atoms with Crippen molar-refractivity contribution in [2.24, 2.45) is 5.41 Å². The summed E-state index contributed by atoms with van der Waals surface area (Å²) in [6, 6.07) is 5.59. The number of anilines is 4. The molecule has 0 bridgehead atoms. The van der Waals surface area contributed by atoms with Crippen molar-refractivity contribution < 1.29 is 14.3 Å². The maximum atomic E-state index is 13.2. The summed E-state index contributed by atoms with van der Waals surface area (Å²) in [5.41, 5.74) is 1.37. The molecule has 4 rings (SSSR count). The standard InChI is InChI=1S/C25H34N6O3/c1-25(2)15-31(17-9-7-8-10-17)21-19(30(5)23(25)33)14-26-24(28-21)27-18-12-11-16(13-20(18)34-6)22(32)29(3)4/h11-14,17H,7-10,15H2,1-6H3,(H,26,27,28). The average molecular weight is 467 g/mol. The van der Waals surface area contributed by atoms with Gasteiger partial charge in [-0.2, -0.15) is 4.98 Å². The summed E-state index contributed by atoms with van der Waals surface area (Å²) in [5.74, 6) is 1.65. The molecule has 2 aliphatic rings. The Morgan fingerprint density at radius 2 is 1.94 bits per heavy atom. The van der Waals surface area contributed by atoms with E-state index in [0.29, 0.717) is 41.2 Å². The number of carbonyl (C=O) groups is 2. The topological polar surface area (TPSA) is 90.9 Å². The molecule has 0 spiro atoms. The highest BCUT2D eigenvalue weighted by molar-refractivity contribution is 6.01. The number of amides is 2. The number of benzene rings is 1. The van der Waals surface area contributed by atoms with Crippen LogP contribution in [0.15, 0.2) is 24.4 Å². The first-order valence-electron chi connectivity index (χ1n) is 11.7. The number of hydrogen-bond acceptors (Lipinski definition) is 7. The summed E-state index contributed by atoms with van der Waals surface area (Å²) in [6.45, 7) is 4.59. The zero-order chi connectivity index (χ0) is 24.6. The van der Waals surface area contributed by atoms with Gasteiger partial charge in [0.1, 0.15) is 11.4 Å². The van der Waals surface area contributed by atoms with Gasteiger partial charge < -0.3 is 24.8 Å². The summed E-state index contributed by atoms with van der Waals surface area (Å²) in [4.78, 5) is 40.4. The summed E-state index contributed by atoms with van der Waals surface area (Å²) >= 11 is 0. The molecule has 1 aromatic carbocycles. The molecule has 1 saturated carbocycles. The first-order valence-corrected chi connectivity index (χ1v) is 11.7. The van der Waals surface area contributed by atoms with E-state index < -0.39 is 5.41 Å².